The predicted octanol–water partition coefficient (Wildman–Crippen LogP) is 2.10. The van der Waals surface area contributed by atoms with E-state index in [2.05, 4.69) is 5.10 Å². The van der Waals surface area contributed by atoms with Gasteiger partial charge in [-0.2, -0.15) is 5.10 Å². The lowest BCUT2D eigenvalue weighted by Gasteiger charge is -1.99. The first-order valence-corrected chi connectivity index (χ1v) is 5.31. The van der Waals surface area contributed by atoms with Gasteiger partial charge in [0.25, 0.3) is 11.6 Å². The fourth-order valence-electron chi connectivity index (χ4n) is 1.51. The van der Waals surface area contributed by atoms with Crippen molar-refractivity contribution in [1.29, 1.82) is 0 Å². The smallest absolute Gasteiger partial charge is 0.267 e. The summed E-state index contributed by atoms with van der Waals surface area (Å²) in [7, 11) is 0. The average molecular weight is 245 g/mol. The Morgan fingerprint density at radius 1 is 1.28 bits per heavy atom. The van der Waals surface area contributed by atoms with E-state index in [1.807, 2.05) is 13.8 Å². The molecule has 0 unspecified atom stereocenters. The highest BCUT2D eigenvalue weighted by Gasteiger charge is 2.13. The SMILES string of the molecule is Cc1cn(C(=O)c2ccc([N+](=O)[O-])cc2)nc1C. The van der Waals surface area contributed by atoms with Gasteiger partial charge in [-0.05, 0) is 31.5 Å². The van der Waals surface area contributed by atoms with E-state index in [9.17, 15) is 14.9 Å². The van der Waals surface area contributed by atoms with Crippen molar-refractivity contribution in [2.75, 3.05) is 0 Å². The molecule has 6 nitrogen and oxygen atoms in total. The fourth-order valence-corrected chi connectivity index (χ4v) is 1.51. The van der Waals surface area contributed by atoms with Gasteiger partial charge >= 0.3 is 0 Å². The van der Waals surface area contributed by atoms with Crippen molar-refractivity contribution in [2.24, 2.45) is 0 Å². The van der Waals surface area contributed by atoms with Crippen LogP contribution in [0.4, 0.5) is 5.69 Å². The second kappa shape index (κ2) is 4.40. The van der Waals surface area contributed by atoms with Gasteiger partial charge in [-0.25, -0.2) is 4.68 Å². The Bertz CT molecular complexity index is 594. The number of carbonyl (C=O) groups is 1. The topological polar surface area (TPSA) is 78.0 Å². The Labute approximate surface area is 103 Å². The Morgan fingerprint density at radius 3 is 2.33 bits per heavy atom. The molecule has 1 aromatic carbocycles. The van der Waals surface area contributed by atoms with Crippen LogP contribution >= 0.6 is 0 Å². The fraction of sp³-hybridized carbons (Fsp3) is 0.167. The van der Waals surface area contributed by atoms with E-state index in [0.717, 1.165) is 11.3 Å². The van der Waals surface area contributed by atoms with Crippen molar-refractivity contribution >= 4 is 11.6 Å². The highest BCUT2D eigenvalue weighted by atomic mass is 16.6. The predicted molar refractivity (Wildman–Crippen MR) is 64.5 cm³/mol. The number of nitro groups is 1. The molecule has 0 aliphatic carbocycles. The van der Waals surface area contributed by atoms with Crippen molar-refractivity contribution in [3.8, 4) is 0 Å². The molecule has 1 aromatic heterocycles. The van der Waals surface area contributed by atoms with Crippen LogP contribution in [0.25, 0.3) is 0 Å². The van der Waals surface area contributed by atoms with Gasteiger partial charge in [-0.15, -0.1) is 0 Å². The maximum atomic E-state index is 12.0. The number of nitro benzene ring substituents is 1. The third-order valence-electron chi connectivity index (χ3n) is 2.68. The molecular weight excluding hydrogens is 234 g/mol. The molecule has 92 valence electrons. The van der Waals surface area contributed by atoms with Gasteiger partial charge in [-0.3, -0.25) is 14.9 Å². The first-order chi connectivity index (χ1) is 8.49. The molecule has 0 fully saturated rings. The van der Waals surface area contributed by atoms with E-state index in [1.54, 1.807) is 6.20 Å². The van der Waals surface area contributed by atoms with Gasteiger partial charge in [0.15, 0.2) is 0 Å². The van der Waals surface area contributed by atoms with Crippen LogP contribution in [0.5, 0.6) is 0 Å². The molecule has 0 saturated carbocycles. The number of carbonyl (C=O) groups excluding carboxylic acids is 1. The van der Waals surface area contributed by atoms with Crippen LogP contribution < -0.4 is 0 Å². The molecule has 18 heavy (non-hydrogen) atoms. The van der Waals surface area contributed by atoms with Crippen LogP contribution in [-0.4, -0.2) is 20.6 Å². The summed E-state index contributed by atoms with van der Waals surface area (Å²) in [5.41, 5.74) is 2.03. The minimum absolute atomic E-state index is 0.0422. The molecule has 1 heterocycles. The Balaban J connectivity index is 2.31. The zero-order valence-corrected chi connectivity index (χ0v) is 9.95. The molecule has 2 aromatic rings. The second-order valence-corrected chi connectivity index (χ2v) is 3.95. The molecule has 0 N–H and O–H groups in total. The van der Waals surface area contributed by atoms with Crippen LogP contribution in [0, 0.1) is 24.0 Å². The standard InChI is InChI=1S/C12H11N3O3/c1-8-7-14(13-9(8)2)12(16)10-3-5-11(6-4-10)15(17)18/h3-7H,1-2H3. The third-order valence-corrected chi connectivity index (χ3v) is 2.68. The molecule has 6 heteroatoms. The molecule has 0 spiro atoms. The van der Waals surface area contributed by atoms with Gasteiger partial charge in [0.1, 0.15) is 0 Å². The lowest BCUT2D eigenvalue weighted by Crippen LogP contribution is -2.12. The highest BCUT2D eigenvalue weighted by molar-refractivity contribution is 5.95. The molecule has 0 amide bonds. The summed E-state index contributed by atoms with van der Waals surface area (Å²) in [4.78, 5) is 22.0. The van der Waals surface area contributed by atoms with Gasteiger partial charge in [0.2, 0.25) is 0 Å². The Morgan fingerprint density at radius 2 is 1.89 bits per heavy atom. The van der Waals surface area contributed by atoms with Crippen LogP contribution in [0.3, 0.4) is 0 Å². The molecule has 0 aliphatic rings. The van der Waals surface area contributed by atoms with E-state index >= 15 is 0 Å². The molecule has 0 saturated heterocycles. The summed E-state index contributed by atoms with van der Waals surface area (Å²) < 4.78 is 1.24. The summed E-state index contributed by atoms with van der Waals surface area (Å²) in [6, 6.07) is 5.45. The van der Waals surface area contributed by atoms with Crippen LogP contribution in [0.1, 0.15) is 21.6 Å². The monoisotopic (exact) mass is 245 g/mol. The third kappa shape index (κ3) is 2.13. The Hall–Kier alpha value is -2.50. The number of aryl methyl sites for hydroxylation is 2. The molecule has 0 radical (unpaired) electrons. The summed E-state index contributed by atoms with van der Waals surface area (Å²) in [5.74, 6) is -0.305. The summed E-state index contributed by atoms with van der Waals surface area (Å²) in [6.45, 7) is 3.68. The van der Waals surface area contributed by atoms with Gasteiger partial charge in [-0.1, -0.05) is 0 Å². The normalized spacial score (nSPS) is 10.3. The van der Waals surface area contributed by atoms with Gasteiger partial charge in [0.05, 0.1) is 10.6 Å². The lowest BCUT2D eigenvalue weighted by molar-refractivity contribution is -0.384. The van der Waals surface area contributed by atoms with Crippen molar-refractivity contribution < 1.29 is 9.72 Å². The number of non-ortho nitro benzene ring substituents is 1. The molecule has 0 bridgehead atoms. The first-order valence-electron chi connectivity index (χ1n) is 5.31. The van der Waals surface area contributed by atoms with Gasteiger partial charge < -0.3 is 0 Å². The second-order valence-electron chi connectivity index (χ2n) is 3.95. The molecule has 2 rings (SSSR count). The average Bonchev–Trinajstić information content (AvgIpc) is 2.69. The van der Waals surface area contributed by atoms with Crippen LogP contribution in [0.2, 0.25) is 0 Å². The van der Waals surface area contributed by atoms with Crippen LogP contribution in [0.15, 0.2) is 30.5 Å². The van der Waals surface area contributed by atoms with E-state index < -0.39 is 4.92 Å². The number of aromatic nitrogens is 2. The maximum Gasteiger partial charge on any atom is 0.278 e. The van der Waals surface area contributed by atoms with Crippen molar-refractivity contribution in [3.63, 3.8) is 0 Å². The molecular formula is C12H11N3O3. The minimum atomic E-state index is -0.504. The van der Waals surface area contributed by atoms with E-state index in [0.29, 0.717) is 5.56 Å². The van der Waals surface area contributed by atoms with E-state index in [-0.39, 0.29) is 11.6 Å². The number of nitrogens with zero attached hydrogens (tertiary/aromatic N) is 3. The molecule has 0 atom stereocenters. The van der Waals surface area contributed by atoms with Gasteiger partial charge in [0, 0.05) is 23.9 Å². The maximum absolute atomic E-state index is 12.0. The lowest BCUT2D eigenvalue weighted by atomic mass is 10.2. The van der Waals surface area contributed by atoms with Crippen LogP contribution in [-0.2, 0) is 0 Å². The summed E-state index contributed by atoms with van der Waals surface area (Å²) >= 11 is 0. The first kappa shape index (κ1) is 12.0. The number of rotatable bonds is 2. The number of hydrogen-bond donors (Lipinski definition) is 0. The summed E-state index contributed by atoms with van der Waals surface area (Å²) in [5, 5.41) is 14.6. The van der Waals surface area contributed by atoms with Crippen molar-refractivity contribution in [1.82, 2.24) is 9.78 Å². The zero-order valence-electron chi connectivity index (χ0n) is 9.95. The molecule has 0 aliphatic heterocycles. The number of hydrogen-bond acceptors (Lipinski definition) is 4. The zero-order chi connectivity index (χ0) is 13.3. The highest BCUT2D eigenvalue weighted by Crippen LogP contribution is 2.13. The summed E-state index contributed by atoms with van der Waals surface area (Å²) in [6.07, 6.45) is 1.64. The van der Waals surface area contributed by atoms with E-state index in [1.165, 1.54) is 28.9 Å². The van der Waals surface area contributed by atoms with Crippen molar-refractivity contribution in [3.05, 3.63) is 57.4 Å². The minimum Gasteiger partial charge on any atom is -0.267 e. The van der Waals surface area contributed by atoms with E-state index in [4.69, 9.17) is 0 Å². The largest absolute Gasteiger partial charge is 0.278 e. The quantitative estimate of drug-likeness (QED) is 0.599. The number of benzene rings is 1. The Kier molecular flexibility index (Phi) is 2.93. The van der Waals surface area contributed by atoms with Crippen molar-refractivity contribution in [2.45, 2.75) is 13.8 Å².